The van der Waals surface area contributed by atoms with Crippen molar-refractivity contribution in [2.45, 2.75) is 19.1 Å². The number of alkyl halides is 3. The van der Waals surface area contributed by atoms with E-state index in [1.165, 1.54) is 37.4 Å². The van der Waals surface area contributed by atoms with Crippen LogP contribution in [0.4, 0.5) is 24.5 Å². The van der Waals surface area contributed by atoms with E-state index < -0.39 is 29.2 Å². The molecule has 0 saturated heterocycles. The van der Waals surface area contributed by atoms with Crippen LogP contribution in [-0.2, 0) is 11.0 Å². The van der Waals surface area contributed by atoms with Gasteiger partial charge in [0.15, 0.2) is 0 Å². The molecule has 2 aromatic rings. The molecule has 23 heavy (non-hydrogen) atoms. The van der Waals surface area contributed by atoms with E-state index in [1.54, 1.807) is 0 Å². The van der Waals surface area contributed by atoms with E-state index in [2.05, 4.69) is 5.32 Å². The summed E-state index contributed by atoms with van der Waals surface area (Å²) in [5.41, 5.74) is 4.02. The lowest BCUT2D eigenvalue weighted by Crippen LogP contribution is -2.31. The molecule has 0 spiro atoms. The summed E-state index contributed by atoms with van der Waals surface area (Å²) in [6.45, 7) is 1.40. The second kappa shape index (κ2) is 6.15. The van der Waals surface area contributed by atoms with Gasteiger partial charge < -0.3 is 15.6 Å². The number of hydrogen-bond donors (Lipinski definition) is 2. The molecule has 0 radical (unpaired) electrons. The van der Waals surface area contributed by atoms with Gasteiger partial charge in [-0.25, -0.2) is 0 Å². The molecule has 5 nitrogen and oxygen atoms in total. The molecule has 0 aliphatic heterocycles. The first-order valence-electron chi connectivity index (χ1n) is 6.65. The molecule has 0 bridgehead atoms. The van der Waals surface area contributed by atoms with Gasteiger partial charge in [0.2, 0.25) is 5.91 Å². The van der Waals surface area contributed by atoms with Gasteiger partial charge in [-0.15, -0.1) is 0 Å². The van der Waals surface area contributed by atoms with Crippen molar-refractivity contribution in [3.63, 3.8) is 0 Å². The Balaban J connectivity index is 2.30. The fourth-order valence-corrected chi connectivity index (χ4v) is 2.03. The maximum Gasteiger partial charge on any atom is 0.418 e. The Labute approximate surface area is 129 Å². The van der Waals surface area contributed by atoms with Crippen molar-refractivity contribution in [3.8, 4) is 0 Å². The van der Waals surface area contributed by atoms with Crippen molar-refractivity contribution in [3.05, 3.63) is 58.5 Å². The summed E-state index contributed by atoms with van der Waals surface area (Å²) in [5, 5.41) is 2.20. The largest absolute Gasteiger partial charge is 0.418 e. The number of benzene rings is 1. The van der Waals surface area contributed by atoms with Gasteiger partial charge in [-0.05, 0) is 25.1 Å². The third-order valence-electron chi connectivity index (χ3n) is 3.25. The highest BCUT2D eigenvalue weighted by molar-refractivity contribution is 5.94. The molecule has 3 N–H and O–H groups in total. The number of carbonyl (C=O) groups excluding carboxylic acids is 1. The summed E-state index contributed by atoms with van der Waals surface area (Å²) >= 11 is 0. The highest BCUT2D eigenvalue weighted by Crippen LogP contribution is 2.34. The molecule has 0 saturated carbocycles. The number of nitrogens with one attached hydrogen (secondary N) is 1. The van der Waals surface area contributed by atoms with E-state index in [4.69, 9.17) is 5.73 Å². The number of hydrogen-bond acceptors (Lipinski definition) is 3. The topological polar surface area (TPSA) is 77.1 Å². The number of halogens is 3. The SMILES string of the molecule is CC(C(=O)Nc1ccccc1C(F)(F)F)n1cc(N)ccc1=O. The summed E-state index contributed by atoms with van der Waals surface area (Å²) in [4.78, 5) is 23.9. The van der Waals surface area contributed by atoms with Gasteiger partial charge >= 0.3 is 6.18 Å². The van der Waals surface area contributed by atoms with Crippen LogP contribution in [-0.4, -0.2) is 10.5 Å². The first-order chi connectivity index (χ1) is 10.7. The van der Waals surface area contributed by atoms with E-state index >= 15 is 0 Å². The van der Waals surface area contributed by atoms with Gasteiger partial charge in [0.25, 0.3) is 5.56 Å². The Kier molecular flexibility index (Phi) is 4.44. The number of rotatable bonds is 3. The van der Waals surface area contributed by atoms with Crippen LogP contribution in [0, 0.1) is 0 Å². The van der Waals surface area contributed by atoms with E-state index in [9.17, 15) is 22.8 Å². The minimum atomic E-state index is -4.60. The van der Waals surface area contributed by atoms with Crippen LogP contribution in [0.1, 0.15) is 18.5 Å². The maximum atomic E-state index is 12.9. The molecule has 0 aliphatic rings. The zero-order valence-electron chi connectivity index (χ0n) is 12.1. The quantitative estimate of drug-likeness (QED) is 0.911. The van der Waals surface area contributed by atoms with Gasteiger partial charge in [-0.1, -0.05) is 12.1 Å². The normalized spacial score (nSPS) is 12.7. The van der Waals surface area contributed by atoms with Gasteiger partial charge in [-0.3, -0.25) is 9.59 Å². The van der Waals surface area contributed by atoms with Crippen LogP contribution in [0.25, 0.3) is 0 Å². The number of nitrogens with zero attached hydrogens (tertiary/aromatic N) is 1. The van der Waals surface area contributed by atoms with Crippen LogP contribution in [0.5, 0.6) is 0 Å². The van der Waals surface area contributed by atoms with Crippen molar-refractivity contribution >= 4 is 17.3 Å². The van der Waals surface area contributed by atoms with Crippen molar-refractivity contribution in [1.82, 2.24) is 4.57 Å². The summed E-state index contributed by atoms with van der Waals surface area (Å²) in [6, 6.07) is 6.16. The monoisotopic (exact) mass is 325 g/mol. The number of para-hydroxylation sites is 1. The lowest BCUT2D eigenvalue weighted by molar-refractivity contribution is -0.137. The smallest absolute Gasteiger partial charge is 0.398 e. The van der Waals surface area contributed by atoms with Crippen LogP contribution in [0.15, 0.2) is 47.4 Å². The first kappa shape index (κ1) is 16.6. The first-order valence-corrected chi connectivity index (χ1v) is 6.65. The number of nitrogens with two attached hydrogens (primary N) is 1. The van der Waals surface area contributed by atoms with Gasteiger partial charge in [0.05, 0.1) is 11.3 Å². The second-order valence-electron chi connectivity index (χ2n) is 4.92. The number of pyridine rings is 1. The molecule has 1 atom stereocenters. The highest BCUT2D eigenvalue weighted by atomic mass is 19.4. The third-order valence-corrected chi connectivity index (χ3v) is 3.25. The minimum absolute atomic E-state index is 0.264. The van der Waals surface area contributed by atoms with Crippen molar-refractivity contribution in [2.24, 2.45) is 0 Å². The van der Waals surface area contributed by atoms with Crippen molar-refractivity contribution < 1.29 is 18.0 Å². The summed E-state index contributed by atoms with van der Waals surface area (Å²) < 4.78 is 39.8. The van der Waals surface area contributed by atoms with E-state index in [0.29, 0.717) is 0 Å². The van der Waals surface area contributed by atoms with Crippen LogP contribution < -0.4 is 16.6 Å². The molecule has 2 rings (SSSR count). The minimum Gasteiger partial charge on any atom is -0.398 e. The maximum absolute atomic E-state index is 12.9. The van der Waals surface area contributed by atoms with Gasteiger partial charge in [-0.2, -0.15) is 13.2 Å². The van der Waals surface area contributed by atoms with Gasteiger partial charge in [0.1, 0.15) is 6.04 Å². The Bertz CT molecular complexity index is 784. The van der Waals surface area contributed by atoms with Crippen LogP contribution >= 0.6 is 0 Å². The Morgan fingerprint density at radius 2 is 1.87 bits per heavy atom. The van der Waals surface area contributed by atoms with Crippen LogP contribution in [0.3, 0.4) is 0 Å². The molecule has 122 valence electrons. The van der Waals surface area contributed by atoms with E-state index in [1.807, 2.05) is 0 Å². The molecule has 1 unspecified atom stereocenters. The summed E-state index contributed by atoms with van der Waals surface area (Å²) in [7, 11) is 0. The van der Waals surface area contributed by atoms with Gasteiger partial charge in [0, 0.05) is 18.0 Å². The summed E-state index contributed by atoms with van der Waals surface area (Å²) in [5.74, 6) is -0.755. The lowest BCUT2D eigenvalue weighted by atomic mass is 10.1. The van der Waals surface area contributed by atoms with E-state index in [0.717, 1.165) is 16.7 Å². The number of carbonyl (C=O) groups is 1. The Morgan fingerprint density at radius 3 is 2.52 bits per heavy atom. The molecule has 0 fully saturated rings. The van der Waals surface area contributed by atoms with E-state index in [-0.39, 0.29) is 11.4 Å². The van der Waals surface area contributed by atoms with Crippen molar-refractivity contribution in [1.29, 1.82) is 0 Å². The molecule has 1 amide bonds. The number of nitrogen functional groups attached to an aromatic ring is 1. The predicted octanol–water partition coefficient (Wildman–Crippen LogP) is 2.65. The standard InChI is InChI=1S/C15H14F3N3O2/c1-9(21-8-10(19)6-7-13(21)22)14(23)20-12-5-3-2-4-11(12)15(16,17)18/h2-9H,19H2,1H3,(H,20,23). The fourth-order valence-electron chi connectivity index (χ4n) is 2.03. The number of anilines is 2. The Hall–Kier alpha value is -2.77. The molecule has 0 aliphatic carbocycles. The molecular weight excluding hydrogens is 311 g/mol. The van der Waals surface area contributed by atoms with Crippen molar-refractivity contribution in [2.75, 3.05) is 11.1 Å². The molecular formula is C15H14F3N3O2. The third kappa shape index (κ3) is 3.71. The second-order valence-corrected chi connectivity index (χ2v) is 4.92. The zero-order chi connectivity index (χ0) is 17.2. The number of aromatic nitrogens is 1. The molecule has 1 heterocycles. The zero-order valence-corrected chi connectivity index (χ0v) is 12.1. The average Bonchev–Trinajstić information content (AvgIpc) is 2.48. The van der Waals surface area contributed by atoms with Crippen LogP contribution in [0.2, 0.25) is 0 Å². The predicted molar refractivity (Wildman–Crippen MR) is 79.9 cm³/mol. The number of amides is 1. The summed E-state index contributed by atoms with van der Waals surface area (Å²) in [6.07, 6.45) is -3.33. The average molecular weight is 325 g/mol. The highest BCUT2D eigenvalue weighted by Gasteiger charge is 2.34. The molecule has 8 heteroatoms. The Morgan fingerprint density at radius 1 is 1.22 bits per heavy atom. The molecule has 1 aromatic carbocycles. The fraction of sp³-hybridized carbons (Fsp3) is 0.200. The lowest BCUT2D eigenvalue weighted by Gasteiger charge is -2.18. The molecule has 1 aromatic heterocycles.